The maximum absolute atomic E-state index is 12.8. The number of benzene rings is 1. The molecule has 0 unspecified atom stereocenters. The normalized spacial score (nSPS) is 29.9. The van der Waals surface area contributed by atoms with Gasteiger partial charge in [0.05, 0.1) is 12.7 Å². The number of amides is 2. The number of fused-ring (bicyclic) bond motifs is 3. The lowest BCUT2D eigenvalue weighted by Gasteiger charge is -2.55. The van der Waals surface area contributed by atoms with Crippen LogP contribution in [0.15, 0.2) is 18.2 Å². The first-order chi connectivity index (χ1) is 13.9. The van der Waals surface area contributed by atoms with Crippen LogP contribution in [0.25, 0.3) is 0 Å². The Bertz CT molecular complexity index is 796. The Balaban J connectivity index is 1.45. The van der Waals surface area contributed by atoms with Crippen LogP contribution in [0.3, 0.4) is 0 Å². The molecule has 1 heterocycles. The van der Waals surface area contributed by atoms with Crippen molar-refractivity contribution in [3.8, 4) is 11.5 Å². The van der Waals surface area contributed by atoms with Crippen molar-refractivity contribution in [3.63, 3.8) is 0 Å². The van der Waals surface area contributed by atoms with Gasteiger partial charge in [-0.05, 0) is 64.4 Å². The molecule has 1 aromatic rings. The van der Waals surface area contributed by atoms with Crippen molar-refractivity contribution in [2.24, 2.45) is 17.8 Å². The summed E-state index contributed by atoms with van der Waals surface area (Å²) in [5, 5.41) is 6.26. The van der Waals surface area contributed by atoms with Crippen LogP contribution < -0.4 is 20.1 Å². The van der Waals surface area contributed by atoms with Crippen LogP contribution in [-0.4, -0.2) is 56.7 Å². The third-order valence-electron chi connectivity index (χ3n) is 6.69. The fourth-order valence-electron chi connectivity index (χ4n) is 5.18. The Hall–Kier alpha value is -2.28. The first kappa shape index (κ1) is 20.0. The molecule has 2 amide bonds. The second kappa shape index (κ2) is 7.86. The molecule has 29 heavy (non-hydrogen) atoms. The van der Waals surface area contributed by atoms with Gasteiger partial charge in [0.15, 0.2) is 5.72 Å². The SMILES string of the molecule is COc1ccc2c(c1)O[C@]1(C[C@H]3CC[C@H]1C[C@@H]3C(=O)NCCCN(C)C)NC2=O. The highest BCUT2D eigenvalue weighted by Gasteiger charge is 2.57. The van der Waals surface area contributed by atoms with Crippen LogP contribution in [0.5, 0.6) is 11.5 Å². The van der Waals surface area contributed by atoms with Gasteiger partial charge in [-0.15, -0.1) is 0 Å². The molecule has 2 bridgehead atoms. The van der Waals surface area contributed by atoms with Gasteiger partial charge < -0.3 is 25.0 Å². The molecule has 4 aliphatic rings. The van der Waals surface area contributed by atoms with E-state index < -0.39 is 5.72 Å². The topological polar surface area (TPSA) is 79.9 Å². The molecule has 5 rings (SSSR count). The van der Waals surface area contributed by atoms with Gasteiger partial charge in [-0.25, -0.2) is 0 Å². The lowest BCUT2D eigenvalue weighted by molar-refractivity contribution is -0.146. The predicted octanol–water partition coefficient (Wildman–Crippen LogP) is 2.02. The van der Waals surface area contributed by atoms with Crippen molar-refractivity contribution in [2.45, 2.75) is 37.8 Å². The number of hydrogen-bond donors (Lipinski definition) is 2. The summed E-state index contributed by atoms with van der Waals surface area (Å²) in [4.78, 5) is 27.7. The Morgan fingerprint density at radius 2 is 2.21 bits per heavy atom. The van der Waals surface area contributed by atoms with Crippen LogP contribution in [0, 0.1) is 17.8 Å². The van der Waals surface area contributed by atoms with Crippen molar-refractivity contribution in [1.29, 1.82) is 0 Å². The Morgan fingerprint density at radius 3 is 2.90 bits per heavy atom. The Labute approximate surface area is 172 Å². The molecular weight excluding hydrogens is 370 g/mol. The van der Waals surface area contributed by atoms with Gasteiger partial charge in [0.25, 0.3) is 5.91 Å². The van der Waals surface area contributed by atoms with E-state index in [-0.39, 0.29) is 29.6 Å². The van der Waals surface area contributed by atoms with Crippen molar-refractivity contribution < 1.29 is 19.1 Å². The quantitative estimate of drug-likeness (QED) is 0.713. The number of nitrogens with one attached hydrogen (secondary N) is 2. The highest BCUT2D eigenvalue weighted by atomic mass is 16.5. The zero-order chi connectivity index (χ0) is 20.6. The van der Waals surface area contributed by atoms with Gasteiger partial charge in [-0.2, -0.15) is 0 Å². The van der Waals surface area contributed by atoms with E-state index in [1.165, 1.54) is 0 Å². The number of nitrogens with zero attached hydrogens (tertiary/aromatic N) is 1. The van der Waals surface area contributed by atoms with Gasteiger partial charge in [0.1, 0.15) is 11.5 Å². The van der Waals surface area contributed by atoms with Crippen LogP contribution in [-0.2, 0) is 4.79 Å². The van der Waals surface area contributed by atoms with E-state index in [1.54, 1.807) is 25.3 Å². The highest BCUT2D eigenvalue weighted by Crippen LogP contribution is 2.52. The van der Waals surface area contributed by atoms with E-state index in [9.17, 15) is 9.59 Å². The fraction of sp³-hybridized carbons (Fsp3) is 0.636. The molecule has 158 valence electrons. The second-order valence-electron chi connectivity index (χ2n) is 8.84. The van der Waals surface area contributed by atoms with Crippen molar-refractivity contribution >= 4 is 11.8 Å². The van der Waals surface area contributed by atoms with Gasteiger partial charge in [0, 0.05) is 30.9 Å². The van der Waals surface area contributed by atoms with E-state index in [2.05, 4.69) is 15.5 Å². The molecule has 0 radical (unpaired) electrons. The average molecular weight is 402 g/mol. The molecule has 2 N–H and O–H groups in total. The van der Waals surface area contributed by atoms with Gasteiger partial charge in [-0.1, -0.05) is 0 Å². The summed E-state index contributed by atoms with van der Waals surface area (Å²) >= 11 is 0. The maximum Gasteiger partial charge on any atom is 0.258 e. The first-order valence-corrected chi connectivity index (χ1v) is 10.5. The molecule has 7 heteroatoms. The monoisotopic (exact) mass is 401 g/mol. The summed E-state index contributed by atoms with van der Waals surface area (Å²) in [6.07, 6.45) is 4.35. The minimum absolute atomic E-state index is 0.00550. The fourth-order valence-corrected chi connectivity index (χ4v) is 5.18. The summed E-state index contributed by atoms with van der Waals surface area (Å²) in [5.41, 5.74) is -0.172. The average Bonchev–Trinajstić information content (AvgIpc) is 2.70. The van der Waals surface area contributed by atoms with Crippen LogP contribution in [0.2, 0.25) is 0 Å². The smallest absolute Gasteiger partial charge is 0.258 e. The third-order valence-corrected chi connectivity index (χ3v) is 6.69. The minimum Gasteiger partial charge on any atom is -0.497 e. The molecule has 7 nitrogen and oxygen atoms in total. The van der Waals surface area contributed by atoms with Crippen molar-refractivity contribution in [2.75, 3.05) is 34.3 Å². The summed E-state index contributed by atoms with van der Waals surface area (Å²) in [7, 11) is 5.67. The van der Waals surface area contributed by atoms with Crippen LogP contribution in [0.4, 0.5) is 0 Å². The lowest BCUT2D eigenvalue weighted by atomic mass is 9.60. The second-order valence-corrected chi connectivity index (χ2v) is 8.84. The molecular formula is C22H31N3O4. The molecule has 4 atom stereocenters. The van der Waals surface area contributed by atoms with Crippen molar-refractivity contribution in [1.82, 2.24) is 15.5 Å². The van der Waals surface area contributed by atoms with E-state index in [1.807, 2.05) is 14.1 Å². The van der Waals surface area contributed by atoms with E-state index in [0.29, 0.717) is 30.0 Å². The predicted molar refractivity (Wildman–Crippen MR) is 109 cm³/mol. The van der Waals surface area contributed by atoms with E-state index >= 15 is 0 Å². The van der Waals surface area contributed by atoms with Gasteiger partial charge >= 0.3 is 0 Å². The molecule has 0 aromatic heterocycles. The van der Waals surface area contributed by atoms with Crippen LogP contribution >= 0.6 is 0 Å². The van der Waals surface area contributed by atoms with Gasteiger partial charge in [0.2, 0.25) is 5.91 Å². The number of hydrogen-bond acceptors (Lipinski definition) is 5. The minimum atomic E-state index is -0.707. The molecule has 3 aliphatic carbocycles. The number of carbonyl (C=O) groups is 2. The number of methoxy groups -OCH3 is 1. The number of rotatable bonds is 6. The first-order valence-electron chi connectivity index (χ1n) is 10.5. The number of ether oxygens (including phenoxy) is 2. The molecule has 0 saturated heterocycles. The summed E-state index contributed by atoms with van der Waals surface area (Å²) in [6, 6.07) is 5.29. The van der Waals surface area contributed by atoms with Crippen LogP contribution in [0.1, 0.15) is 42.5 Å². The van der Waals surface area contributed by atoms with Crippen molar-refractivity contribution in [3.05, 3.63) is 23.8 Å². The summed E-state index contributed by atoms with van der Waals surface area (Å²) in [5.74, 6) is 1.65. The van der Waals surface area contributed by atoms with E-state index in [4.69, 9.17) is 9.47 Å². The lowest BCUT2D eigenvalue weighted by Crippen LogP contribution is -2.66. The molecule has 1 aliphatic heterocycles. The summed E-state index contributed by atoms with van der Waals surface area (Å²) in [6.45, 7) is 1.67. The maximum atomic E-state index is 12.8. The highest BCUT2D eigenvalue weighted by molar-refractivity contribution is 5.98. The van der Waals surface area contributed by atoms with Gasteiger partial charge in [-0.3, -0.25) is 9.59 Å². The standard InChI is InChI=1S/C22H31N3O4/c1-25(2)10-4-9-23-20(26)18-11-15-6-5-14(18)13-22(15)24-21(27)17-8-7-16(28-3)12-19(17)29-22/h7-8,12,14-15,18H,4-6,9-11,13H2,1-3H3,(H,23,26)(H,24,27)/t14-,15+,18+,22+/m1/s1. The summed E-state index contributed by atoms with van der Waals surface area (Å²) < 4.78 is 11.7. The third kappa shape index (κ3) is 3.80. The van der Waals surface area contributed by atoms with E-state index in [0.717, 1.165) is 32.2 Å². The zero-order valence-electron chi connectivity index (χ0n) is 17.5. The molecule has 3 fully saturated rings. The Morgan fingerprint density at radius 1 is 1.38 bits per heavy atom. The molecule has 1 aromatic carbocycles. The largest absolute Gasteiger partial charge is 0.497 e. The zero-order valence-corrected chi connectivity index (χ0v) is 17.5. The Kier molecular flexibility index (Phi) is 5.42. The number of carbonyl (C=O) groups excluding carboxylic acids is 2. The molecule has 3 saturated carbocycles. The molecule has 1 spiro atoms.